The molecule has 1 amide bonds. The van der Waals surface area contributed by atoms with Crippen molar-refractivity contribution in [3.63, 3.8) is 0 Å². The number of amides is 1. The van der Waals surface area contributed by atoms with Gasteiger partial charge < -0.3 is 19.7 Å². The zero-order valence-corrected chi connectivity index (χ0v) is 15.8. The van der Waals surface area contributed by atoms with Crippen molar-refractivity contribution in [2.75, 3.05) is 11.9 Å². The van der Waals surface area contributed by atoms with E-state index >= 15 is 0 Å². The predicted molar refractivity (Wildman–Crippen MR) is 109 cm³/mol. The van der Waals surface area contributed by atoms with Crippen LogP contribution in [0, 0.1) is 11.3 Å². The fourth-order valence-corrected chi connectivity index (χ4v) is 2.91. The normalized spacial score (nSPS) is 11.1. The number of fused-ring (bicyclic) bond motifs is 1. The van der Waals surface area contributed by atoms with E-state index in [0.29, 0.717) is 17.9 Å². The molecule has 29 heavy (non-hydrogen) atoms. The van der Waals surface area contributed by atoms with Crippen molar-refractivity contribution in [2.45, 2.75) is 13.5 Å². The number of carbonyl (C=O) groups is 2. The Hall–Kier alpha value is -4.05. The average molecular weight is 389 g/mol. The van der Waals surface area contributed by atoms with E-state index in [1.54, 1.807) is 17.7 Å². The van der Waals surface area contributed by atoms with Crippen LogP contribution >= 0.6 is 0 Å². The van der Waals surface area contributed by atoms with Gasteiger partial charge in [0.2, 0.25) is 0 Å². The summed E-state index contributed by atoms with van der Waals surface area (Å²) in [6.45, 7) is 2.07. The van der Waals surface area contributed by atoms with Crippen LogP contribution in [-0.4, -0.2) is 28.2 Å². The summed E-state index contributed by atoms with van der Waals surface area (Å²) < 4.78 is 6.74. The third-order valence-electron chi connectivity index (χ3n) is 4.21. The molecule has 0 aliphatic rings. The van der Waals surface area contributed by atoms with Gasteiger partial charge in [-0.1, -0.05) is 18.2 Å². The van der Waals surface area contributed by atoms with Gasteiger partial charge in [0.1, 0.15) is 23.9 Å². The molecule has 0 saturated carbocycles. The van der Waals surface area contributed by atoms with Crippen molar-refractivity contribution >= 4 is 34.5 Å². The number of para-hydroxylation sites is 1. The topological polar surface area (TPSA) is 104 Å². The monoisotopic (exact) mass is 389 g/mol. The summed E-state index contributed by atoms with van der Waals surface area (Å²) in [5.74, 6) is -0.858. The highest BCUT2D eigenvalue weighted by Gasteiger charge is 2.14. The van der Waals surface area contributed by atoms with Crippen LogP contribution in [0.15, 0.2) is 60.3 Å². The van der Waals surface area contributed by atoms with E-state index in [4.69, 9.17) is 4.74 Å². The van der Waals surface area contributed by atoms with E-state index < -0.39 is 5.91 Å². The van der Waals surface area contributed by atoms with Crippen molar-refractivity contribution in [3.05, 3.63) is 65.9 Å². The van der Waals surface area contributed by atoms with Gasteiger partial charge in [-0.3, -0.25) is 9.59 Å². The van der Waals surface area contributed by atoms with Gasteiger partial charge in [-0.2, -0.15) is 5.26 Å². The number of phenolic OH excluding ortho intramolecular Hbond substituents is 1. The van der Waals surface area contributed by atoms with Gasteiger partial charge in [0, 0.05) is 28.4 Å². The maximum atomic E-state index is 12.5. The van der Waals surface area contributed by atoms with E-state index in [2.05, 4.69) is 5.32 Å². The molecular formula is C22H19N3O4. The Kier molecular flexibility index (Phi) is 5.95. The van der Waals surface area contributed by atoms with Crippen molar-refractivity contribution < 1.29 is 19.4 Å². The third-order valence-corrected chi connectivity index (χ3v) is 4.21. The number of aromatic nitrogens is 1. The molecular weight excluding hydrogens is 370 g/mol. The zero-order valence-electron chi connectivity index (χ0n) is 15.8. The van der Waals surface area contributed by atoms with E-state index in [-0.39, 0.29) is 23.8 Å². The van der Waals surface area contributed by atoms with Gasteiger partial charge in [0.25, 0.3) is 5.91 Å². The van der Waals surface area contributed by atoms with Gasteiger partial charge in [-0.15, -0.1) is 0 Å². The first-order valence-corrected chi connectivity index (χ1v) is 8.97. The number of carbonyl (C=O) groups excluding carboxylic acids is 2. The summed E-state index contributed by atoms with van der Waals surface area (Å²) in [5.41, 5.74) is 1.81. The molecule has 0 radical (unpaired) electrons. The number of benzene rings is 2. The minimum atomic E-state index is -0.569. The Morgan fingerprint density at radius 2 is 1.93 bits per heavy atom. The molecule has 0 aliphatic heterocycles. The Labute approximate surface area is 167 Å². The van der Waals surface area contributed by atoms with E-state index in [1.807, 2.05) is 30.3 Å². The number of esters is 1. The number of phenols is 1. The number of anilines is 1. The zero-order chi connectivity index (χ0) is 20.8. The highest BCUT2D eigenvalue weighted by molar-refractivity contribution is 6.10. The summed E-state index contributed by atoms with van der Waals surface area (Å²) in [5, 5.41) is 22.2. The molecule has 0 fully saturated rings. The quantitative estimate of drug-likeness (QED) is 0.291. The summed E-state index contributed by atoms with van der Waals surface area (Å²) >= 11 is 0. The average Bonchev–Trinajstić information content (AvgIpc) is 3.05. The first-order valence-electron chi connectivity index (χ1n) is 8.97. The molecule has 2 aromatic carbocycles. The minimum absolute atomic E-state index is 0.0315. The molecule has 7 heteroatoms. The van der Waals surface area contributed by atoms with Gasteiger partial charge >= 0.3 is 5.97 Å². The summed E-state index contributed by atoms with van der Waals surface area (Å²) in [7, 11) is 0. The number of nitrogens with zero attached hydrogens (tertiary/aromatic N) is 2. The molecule has 1 heterocycles. The van der Waals surface area contributed by atoms with Crippen molar-refractivity contribution in [2.24, 2.45) is 0 Å². The van der Waals surface area contributed by atoms with Crippen molar-refractivity contribution in [1.29, 1.82) is 5.26 Å². The van der Waals surface area contributed by atoms with Gasteiger partial charge in [0.05, 0.1) is 6.61 Å². The number of hydrogen-bond acceptors (Lipinski definition) is 5. The van der Waals surface area contributed by atoms with Crippen molar-refractivity contribution in [3.8, 4) is 11.8 Å². The second kappa shape index (κ2) is 8.76. The summed E-state index contributed by atoms with van der Waals surface area (Å²) in [6.07, 6.45) is 3.20. The van der Waals surface area contributed by atoms with E-state index in [1.165, 1.54) is 30.3 Å². The van der Waals surface area contributed by atoms with Crippen LogP contribution in [0.3, 0.4) is 0 Å². The highest BCUT2D eigenvalue weighted by Crippen LogP contribution is 2.24. The summed E-state index contributed by atoms with van der Waals surface area (Å²) in [4.78, 5) is 24.4. The first-order chi connectivity index (χ1) is 14.0. The lowest BCUT2D eigenvalue weighted by atomic mass is 10.1. The van der Waals surface area contributed by atoms with Gasteiger partial charge in [-0.05, 0) is 43.3 Å². The standard InChI is InChI=1S/C22H19N3O4/c1-2-29-21(27)14-25-13-16(19-5-3-4-6-20(19)25)11-15(12-23)22(28)24-17-7-9-18(26)10-8-17/h3-11,13,26H,2,14H2,1H3,(H,24,28)/b15-11-. The number of hydrogen-bond donors (Lipinski definition) is 2. The van der Waals surface area contributed by atoms with Crippen LogP contribution in [0.2, 0.25) is 0 Å². The Morgan fingerprint density at radius 1 is 1.21 bits per heavy atom. The molecule has 3 aromatic rings. The number of nitrogens with one attached hydrogen (secondary N) is 1. The lowest BCUT2D eigenvalue weighted by molar-refractivity contribution is -0.143. The van der Waals surface area contributed by atoms with Crippen molar-refractivity contribution in [1.82, 2.24) is 4.57 Å². The van der Waals surface area contributed by atoms with Crippen LogP contribution in [0.1, 0.15) is 12.5 Å². The van der Waals surface area contributed by atoms with Gasteiger partial charge in [0.15, 0.2) is 0 Å². The molecule has 0 saturated heterocycles. The second-order valence-corrected chi connectivity index (χ2v) is 6.21. The fraction of sp³-hybridized carbons (Fsp3) is 0.136. The maximum Gasteiger partial charge on any atom is 0.325 e. The Morgan fingerprint density at radius 3 is 2.62 bits per heavy atom. The van der Waals surface area contributed by atoms with Crippen LogP contribution in [0.4, 0.5) is 5.69 Å². The smallest absolute Gasteiger partial charge is 0.325 e. The Balaban J connectivity index is 1.92. The number of nitriles is 1. The molecule has 0 spiro atoms. The molecule has 0 atom stereocenters. The van der Waals surface area contributed by atoms with E-state index in [0.717, 1.165) is 10.9 Å². The second-order valence-electron chi connectivity index (χ2n) is 6.21. The highest BCUT2D eigenvalue weighted by atomic mass is 16.5. The maximum absolute atomic E-state index is 12.5. The molecule has 2 N–H and O–H groups in total. The number of ether oxygens (including phenoxy) is 1. The summed E-state index contributed by atoms with van der Waals surface area (Å²) in [6, 6.07) is 15.3. The van der Waals surface area contributed by atoms with Crippen LogP contribution in [-0.2, 0) is 20.9 Å². The molecule has 0 bridgehead atoms. The molecule has 146 valence electrons. The number of rotatable bonds is 6. The van der Waals surface area contributed by atoms with Crippen LogP contribution in [0.25, 0.3) is 17.0 Å². The number of aromatic hydroxyl groups is 1. The molecule has 3 rings (SSSR count). The van der Waals surface area contributed by atoms with Crippen LogP contribution in [0.5, 0.6) is 5.75 Å². The van der Waals surface area contributed by atoms with Crippen LogP contribution < -0.4 is 5.32 Å². The molecule has 7 nitrogen and oxygen atoms in total. The fourth-order valence-electron chi connectivity index (χ4n) is 2.91. The minimum Gasteiger partial charge on any atom is -0.508 e. The third kappa shape index (κ3) is 4.62. The lowest BCUT2D eigenvalue weighted by Crippen LogP contribution is -2.13. The SMILES string of the molecule is CCOC(=O)Cn1cc(/C=C(/C#N)C(=O)Nc2ccc(O)cc2)c2ccccc21. The first kappa shape index (κ1) is 19.7. The lowest BCUT2D eigenvalue weighted by Gasteiger charge is -2.04. The predicted octanol–water partition coefficient (Wildman–Crippen LogP) is 3.46. The molecule has 0 unspecified atom stereocenters. The van der Waals surface area contributed by atoms with E-state index in [9.17, 15) is 20.0 Å². The van der Waals surface area contributed by atoms with Gasteiger partial charge in [-0.25, -0.2) is 0 Å². The molecule has 0 aliphatic carbocycles. The largest absolute Gasteiger partial charge is 0.508 e. The Bertz CT molecular complexity index is 1120. The molecule has 1 aromatic heterocycles.